The van der Waals surface area contributed by atoms with E-state index >= 15 is 0 Å². The number of β-amino-alcohol motifs (C(OH)–C–C–N with tert-alkyl or cyclic N) is 1. The van der Waals surface area contributed by atoms with E-state index in [9.17, 15) is 23.9 Å². The Balaban J connectivity index is 1.45. The third kappa shape index (κ3) is 3.95. The van der Waals surface area contributed by atoms with Gasteiger partial charge in [0.05, 0.1) is 24.5 Å². The molecule has 0 saturated carbocycles. The van der Waals surface area contributed by atoms with Crippen molar-refractivity contribution in [2.75, 3.05) is 19.0 Å². The van der Waals surface area contributed by atoms with Crippen LogP contribution in [0.2, 0.25) is 0 Å². The smallest absolute Gasteiger partial charge is 0.328 e. The van der Waals surface area contributed by atoms with Gasteiger partial charge in [0, 0.05) is 29.7 Å². The lowest BCUT2D eigenvalue weighted by Crippen LogP contribution is -2.41. The average Bonchev–Trinajstić information content (AvgIpc) is 3.49. The zero-order chi connectivity index (χ0) is 25.8. The summed E-state index contributed by atoms with van der Waals surface area (Å²) in [5.74, 6) is -1.37. The van der Waals surface area contributed by atoms with E-state index in [1.165, 1.54) is 24.1 Å². The number of likely N-dealkylation sites (tertiary alicyclic amines) is 1. The molecule has 2 atom stereocenters. The second kappa shape index (κ2) is 8.60. The lowest BCUT2D eigenvalue weighted by Gasteiger charge is -2.24. The summed E-state index contributed by atoms with van der Waals surface area (Å²) in [6.45, 7) is 3.80. The molecule has 0 aromatic heterocycles. The summed E-state index contributed by atoms with van der Waals surface area (Å²) in [6.07, 6.45) is 1.13. The molecule has 0 spiro atoms. The van der Waals surface area contributed by atoms with Crippen LogP contribution in [0.25, 0.3) is 11.1 Å². The number of halogens is 1. The Morgan fingerprint density at radius 1 is 1.19 bits per heavy atom. The lowest BCUT2D eigenvalue weighted by molar-refractivity contribution is -0.145. The van der Waals surface area contributed by atoms with Crippen molar-refractivity contribution >= 4 is 34.6 Å². The number of allylic oxidation sites excluding steroid dienone is 1. The molecule has 8 nitrogen and oxygen atoms in total. The Labute approximate surface area is 207 Å². The van der Waals surface area contributed by atoms with Crippen molar-refractivity contribution in [1.29, 1.82) is 0 Å². The van der Waals surface area contributed by atoms with Gasteiger partial charge in [0.2, 0.25) is 0 Å². The number of amides is 2. The summed E-state index contributed by atoms with van der Waals surface area (Å²) in [5, 5.41) is 12.7. The quantitative estimate of drug-likeness (QED) is 0.504. The van der Waals surface area contributed by atoms with E-state index in [1.54, 1.807) is 36.4 Å². The highest BCUT2D eigenvalue weighted by Crippen LogP contribution is 2.44. The Hall–Kier alpha value is -3.98. The van der Waals surface area contributed by atoms with Gasteiger partial charge in [-0.2, -0.15) is 0 Å². The topological polar surface area (TPSA) is 105 Å². The van der Waals surface area contributed by atoms with Crippen LogP contribution in [0, 0.1) is 5.82 Å². The van der Waals surface area contributed by atoms with Crippen molar-refractivity contribution in [2.45, 2.75) is 38.0 Å². The van der Waals surface area contributed by atoms with Crippen LogP contribution in [0.5, 0.6) is 0 Å². The average molecular weight is 493 g/mol. The van der Waals surface area contributed by atoms with Gasteiger partial charge >= 0.3 is 5.97 Å². The van der Waals surface area contributed by atoms with E-state index in [0.29, 0.717) is 28.1 Å². The van der Waals surface area contributed by atoms with E-state index in [-0.39, 0.29) is 24.8 Å². The molecule has 2 aromatic carbocycles. The Morgan fingerprint density at radius 3 is 2.61 bits per heavy atom. The third-order valence-electron chi connectivity index (χ3n) is 6.72. The van der Waals surface area contributed by atoms with Crippen molar-refractivity contribution in [1.82, 2.24) is 4.90 Å². The fourth-order valence-corrected chi connectivity index (χ4v) is 4.96. The number of nitrogens with one attached hydrogen (secondary N) is 1. The van der Waals surface area contributed by atoms with Crippen LogP contribution in [0.3, 0.4) is 0 Å². The van der Waals surface area contributed by atoms with Gasteiger partial charge in [-0.05, 0) is 55.8 Å². The largest absolute Gasteiger partial charge is 0.482 e. The molecule has 186 valence electrons. The predicted octanol–water partition coefficient (Wildman–Crippen LogP) is 3.13. The molecule has 0 bridgehead atoms. The number of hydrogen-bond donors (Lipinski definition) is 2. The highest BCUT2D eigenvalue weighted by atomic mass is 19.1. The van der Waals surface area contributed by atoms with E-state index in [0.717, 1.165) is 11.1 Å². The van der Waals surface area contributed by atoms with Gasteiger partial charge in [0.25, 0.3) is 11.8 Å². The number of carbonyl (C=O) groups is 3. The second-order valence-corrected chi connectivity index (χ2v) is 9.52. The van der Waals surface area contributed by atoms with Crippen molar-refractivity contribution in [3.05, 3.63) is 76.8 Å². The van der Waals surface area contributed by atoms with Crippen LogP contribution in [-0.2, 0) is 19.1 Å². The highest BCUT2D eigenvalue weighted by Gasteiger charge is 2.41. The maximum atomic E-state index is 13.6. The molecule has 2 unspecified atom stereocenters. The Morgan fingerprint density at radius 2 is 1.92 bits per heavy atom. The number of rotatable bonds is 3. The highest BCUT2D eigenvalue weighted by molar-refractivity contribution is 6.32. The zero-order valence-corrected chi connectivity index (χ0v) is 20.0. The number of carbonyl (C=O) groups excluding carboxylic acids is 3. The van der Waals surface area contributed by atoms with E-state index < -0.39 is 29.5 Å². The van der Waals surface area contributed by atoms with Crippen LogP contribution in [0.1, 0.15) is 41.8 Å². The van der Waals surface area contributed by atoms with Gasteiger partial charge in [-0.3, -0.25) is 9.59 Å². The molecule has 0 aliphatic carbocycles. The molecule has 3 heterocycles. The van der Waals surface area contributed by atoms with Gasteiger partial charge in [-0.1, -0.05) is 12.1 Å². The standard InChI is InChI=1S/C27H25FN2O6/c1-27(2)19(12-22(36-27)23-18-9-8-16(28)10-20(18)29-24(23)32)14-4-6-15(7-5-14)25(33)30-13-17(31)11-21(30)26(34)35-3/h4-10,12,17,21,31H,11,13H2,1-3H3,(H,29,32). The molecular weight excluding hydrogens is 467 g/mol. The van der Waals surface area contributed by atoms with Crippen LogP contribution >= 0.6 is 0 Å². The van der Waals surface area contributed by atoms with Crippen molar-refractivity contribution < 1.29 is 33.4 Å². The van der Waals surface area contributed by atoms with E-state index in [1.807, 2.05) is 13.8 Å². The van der Waals surface area contributed by atoms with Crippen molar-refractivity contribution in [3.8, 4) is 0 Å². The fourth-order valence-electron chi connectivity index (χ4n) is 4.96. The Kier molecular flexibility index (Phi) is 5.67. The molecule has 1 saturated heterocycles. The molecule has 0 radical (unpaired) electrons. The predicted molar refractivity (Wildman–Crippen MR) is 129 cm³/mol. The number of methoxy groups -OCH3 is 1. The number of anilines is 1. The van der Waals surface area contributed by atoms with Gasteiger partial charge in [-0.15, -0.1) is 0 Å². The van der Waals surface area contributed by atoms with Crippen LogP contribution in [0.15, 0.2) is 54.3 Å². The molecule has 36 heavy (non-hydrogen) atoms. The molecule has 2 amide bonds. The molecule has 2 aromatic rings. The number of ether oxygens (including phenoxy) is 2. The van der Waals surface area contributed by atoms with Crippen molar-refractivity contribution in [2.24, 2.45) is 0 Å². The number of aliphatic hydroxyl groups excluding tert-OH is 1. The van der Waals surface area contributed by atoms with Gasteiger partial charge in [-0.25, -0.2) is 9.18 Å². The summed E-state index contributed by atoms with van der Waals surface area (Å²) in [7, 11) is 1.25. The number of nitrogens with zero attached hydrogens (tertiary/aromatic N) is 1. The summed E-state index contributed by atoms with van der Waals surface area (Å²) in [4.78, 5) is 39.1. The van der Waals surface area contributed by atoms with Crippen molar-refractivity contribution in [3.63, 3.8) is 0 Å². The molecule has 9 heteroatoms. The minimum absolute atomic E-state index is 0.0523. The fraction of sp³-hybridized carbons (Fsp3) is 0.296. The van der Waals surface area contributed by atoms with E-state index in [2.05, 4.69) is 5.32 Å². The Bertz CT molecular complexity index is 1340. The first kappa shape index (κ1) is 23.7. The summed E-state index contributed by atoms with van der Waals surface area (Å²) >= 11 is 0. The second-order valence-electron chi connectivity index (χ2n) is 9.52. The summed E-state index contributed by atoms with van der Waals surface area (Å²) in [6, 6.07) is 10.1. The molecule has 1 fully saturated rings. The molecule has 5 rings (SSSR count). The lowest BCUT2D eigenvalue weighted by atomic mass is 9.91. The number of aliphatic hydroxyl groups is 1. The minimum atomic E-state index is -0.829. The minimum Gasteiger partial charge on any atom is -0.482 e. The summed E-state index contributed by atoms with van der Waals surface area (Å²) < 4.78 is 24.6. The first-order chi connectivity index (χ1) is 17.1. The maximum Gasteiger partial charge on any atom is 0.328 e. The SMILES string of the molecule is COC(=O)C1CC(O)CN1C(=O)c1ccc(C2=CC(=C3C(=O)Nc4cc(F)ccc43)OC2(C)C)cc1. The third-order valence-corrected chi connectivity index (χ3v) is 6.72. The first-order valence-corrected chi connectivity index (χ1v) is 11.5. The molecule has 3 aliphatic heterocycles. The van der Waals surface area contributed by atoms with E-state index in [4.69, 9.17) is 9.47 Å². The number of hydrogen-bond acceptors (Lipinski definition) is 6. The molecular formula is C27H25FN2O6. The molecule has 2 N–H and O–H groups in total. The van der Waals surface area contributed by atoms with Crippen LogP contribution in [0.4, 0.5) is 10.1 Å². The van der Waals surface area contributed by atoms with Gasteiger partial charge in [0.1, 0.15) is 23.2 Å². The number of esters is 1. The molecule has 3 aliphatic rings. The monoisotopic (exact) mass is 492 g/mol. The summed E-state index contributed by atoms with van der Waals surface area (Å²) in [5.41, 5.74) is 2.48. The normalized spacial score (nSPS) is 24.2. The number of fused-ring (bicyclic) bond motifs is 1. The number of benzene rings is 2. The van der Waals surface area contributed by atoms with Gasteiger partial charge < -0.3 is 24.8 Å². The van der Waals surface area contributed by atoms with Crippen LogP contribution < -0.4 is 5.32 Å². The first-order valence-electron chi connectivity index (χ1n) is 11.5. The van der Waals surface area contributed by atoms with Crippen LogP contribution in [-0.4, -0.2) is 59.2 Å². The van der Waals surface area contributed by atoms with Gasteiger partial charge in [0.15, 0.2) is 0 Å². The zero-order valence-electron chi connectivity index (χ0n) is 20.0. The maximum absolute atomic E-state index is 13.6.